The third kappa shape index (κ3) is 12.9. The minimum Gasteiger partial charge on any atom is -0.481 e. The first-order valence-electron chi connectivity index (χ1n) is 19.4. The Morgan fingerprint density at radius 3 is 2.06 bits per heavy atom. The molecular formula is C41H45N7O12S2. The van der Waals surface area contributed by atoms with E-state index in [1.807, 2.05) is 19.1 Å². The molecule has 21 heteroatoms. The van der Waals surface area contributed by atoms with Crippen LogP contribution in [0.4, 0.5) is 10.5 Å². The van der Waals surface area contributed by atoms with Crippen molar-refractivity contribution in [3.05, 3.63) is 71.2 Å². The Bertz CT molecular complexity index is 2390. The fraction of sp³-hybridized carbons (Fsp3) is 0.366. The van der Waals surface area contributed by atoms with E-state index in [1.54, 1.807) is 60.3 Å². The molecule has 0 spiro atoms. The third-order valence-corrected chi connectivity index (χ3v) is 11.8. The van der Waals surface area contributed by atoms with Gasteiger partial charge in [-0.05, 0) is 48.4 Å². The van der Waals surface area contributed by atoms with E-state index in [1.165, 1.54) is 25.2 Å². The number of thioether (sulfide) groups is 1. The van der Waals surface area contributed by atoms with Crippen molar-refractivity contribution in [1.82, 2.24) is 26.3 Å². The molecule has 4 aromatic rings. The molecule has 62 heavy (non-hydrogen) atoms. The molecule has 0 bridgehead atoms. The number of carboxylic acid groups (broad SMARTS) is 3. The van der Waals surface area contributed by atoms with Gasteiger partial charge in [0.2, 0.25) is 23.6 Å². The van der Waals surface area contributed by atoms with Crippen molar-refractivity contribution in [2.75, 3.05) is 11.1 Å². The second-order valence-electron chi connectivity index (χ2n) is 14.7. The van der Waals surface area contributed by atoms with Crippen LogP contribution >= 0.6 is 23.1 Å². The number of ether oxygens (including phenoxy) is 1. The van der Waals surface area contributed by atoms with Gasteiger partial charge < -0.3 is 46.6 Å². The number of aliphatic imine (C=N–C) groups is 1. The maximum atomic E-state index is 13.7. The zero-order valence-corrected chi connectivity index (χ0v) is 35.3. The summed E-state index contributed by atoms with van der Waals surface area (Å²) in [5, 5.41) is 43.7. The molecule has 1 aliphatic rings. The van der Waals surface area contributed by atoms with E-state index in [-0.39, 0.29) is 12.6 Å². The van der Waals surface area contributed by atoms with Crippen LogP contribution in [0.3, 0.4) is 0 Å². The number of benzene rings is 3. The maximum Gasteiger partial charge on any atom is 0.408 e. The van der Waals surface area contributed by atoms with Gasteiger partial charge in [0.1, 0.15) is 40.8 Å². The number of fused-ring (bicyclic) bond motifs is 3. The van der Waals surface area contributed by atoms with E-state index < -0.39 is 103 Å². The molecule has 5 unspecified atom stereocenters. The van der Waals surface area contributed by atoms with Crippen molar-refractivity contribution in [2.24, 2.45) is 10.9 Å². The number of amides is 5. The molecule has 5 atom stereocenters. The Morgan fingerprint density at radius 2 is 1.44 bits per heavy atom. The highest BCUT2D eigenvalue weighted by atomic mass is 32.2. The number of aromatic nitrogens is 1. The summed E-state index contributed by atoms with van der Waals surface area (Å²) in [6, 6.07) is 11.0. The van der Waals surface area contributed by atoms with Gasteiger partial charge in [0, 0.05) is 23.2 Å². The smallest absolute Gasteiger partial charge is 0.408 e. The molecule has 0 radical (unpaired) electrons. The first-order chi connectivity index (χ1) is 29.5. The van der Waals surface area contributed by atoms with E-state index in [9.17, 15) is 53.7 Å². The Balaban J connectivity index is 1.26. The van der Waals surface area contributed by atoms with Gasteiger partial charge in [-0.15, -0.1) is 23.1 Å². The summed E-state index contributed by atoms with van der Waals surface area (Å²) in [5.74, 6) is -8.13. The number of nitrogens with zero attached hydrogens (tertiary/aromatic N) is 2. The van der Waals surface area contributed by atoms with Crippen LogP contribution in [0.25, 0.3) is 21.0 Å². The van der Waals surface area contributed by atoms with E-state index in [0.29, 0.717) is 11.3 Å². The lowest BCUT2D eigenvalue weighted by molar-refractivity contribution is -0.141. The van der Waals surface area contributed by atoms with Crippen LogP contribution < -0.4 is 26.6 Å². The summed E-state index contributed by atoms with van der Waals surface area (Å²) < 4.78 is 6.01. The zero-order chi connectivity index (χ0) is 45.1. The van der Waals surface area contributed by atoms with Gasteiger partial charge in [-0.25, -0.2) is 9.78 Å². The van der Waals surface area contributed by atoms with Gasteiger partial charge >= 0.3 is 24.0 Å². The lowest BCUT2D eigenvalue weighted by Gasteiger charge is -2.27. The van der Waals surface area contributed by atoms with Crippen molar-refractivity contribution in [3.63, 3.8) is 0 Å². The van der Waals surface area contributed by atoms with E-state index in [0.717, 1.165) is 36.8 Å². The fourth-order valence-corrected chi connectivity index (χ4v) is 8.43. The van der Waals surface area contributed by atoms with Crippen LogP contribution in [-0.2, 0) is 44.9 Å². The number of aliphatic carboxylic acids is 3. The van der Waals surface area contributed by atoms with Crippen LogP contribution in [-0.4, -0.2) is 109 Å². The molecule has 1 aromatic heterocycles. The molecule has 328 valence electrons. The molecule has 0 aliphatic carbocycles. The Labute approximate surface area is 362 Å². The number of anilines is 1. The Morgan fingerprint density at radius 1 is 0.774 bits per heavy atom. The lowest BCUT2D eigenvalue weighted by atomic mass is 10.0. The van der Waals surface area contributed by atoms with E-state index in [4.69, 9.17) is 9.72 Å². The van der Waals surface area contributed by atoms with Gasteiger partial charge in [0.05, 0.1) is 29.1 Å². The average molecular weight is 892 g/mol. The number of hydrogen-bond donors (Lipinski definition) is 8. The summed E-state index contributed by atoms with van der Waals surface area (Å²) in [6.45, 7) is 4.91. The number of carboxylic acids is 3. The summed E-state index contributed by atoms with van der Waals surface area (Å²) in [5.41, 5.74) is 1.71. The highest BCUT2D eigenvalue weighted by molar-refractivity contribution is 8.15. The summed E-state index contributed by atoms with van der Waals surface area (Å²) in [4.78, 5) is 111. The summed E-state index contributed by atoms with van der Waals surface area (Å²) in [6.07, 6.45) is -4.08. The van der Waals surface area contributed by atoms with Crippen LogP contribution in [0, 0.1) is 5.92 Å². The van der Waals surface area contributed by atoms with Crippen molar-refractivity contribution >= 4 is 102 Å². The minimum absolute atomic E-state index is 0.206. The van der Waals surface area contributed by atoms with Gasteiger partial charge in [0.15, 0.2) is 0 Å². The second-order valence-corrected chi connectivity index (χ2v) is 16.7. The topological polar surface area (TPSA) is 292 Å². The fourth-order valence-electron chi connectivity index (χ4n) is 6.24. The highest BCUT2D eigenvalue weighted by Crippen LogP contribution is 2.35. The van der Waals surface area contributed by atoms with Crippen molar-refractivity contribution in [1.29, 1.82) is 0 Å². The molecule has 5 amide bonds. The SMILES string of the molecule is CC1CSC(c2nc3ccc4cc(NC(=O)C(CC(=O)O)NC(=O)C(NC(=O)C(CCC(=O)O)NC(=O)C(CC(=O)O)NC(=O)OCc5ccccc5)C(C)C)ccc4c3s2)=N1. The van der Waals surface area contributed by atoms with Crippen LogP contribution in [0.1, 0.15) is 57.0 Å². The number of thiazole rings is 1. The minimum atomic E-state index is -1.76. The van der Waals surface area contributed by atoms with E-state index in [2.05, 4.69) is 31.6 Å². The highest BCUT2D eigenvalue weighted by Gasteiger charge is 2.34. The third-order valence-electron chi connectivity index (χ3n) is 9.36. The predicted molar refractivity (Wildman–Crippen MR) is 230 cm³/mol. The van der Waals surface area contributed by atoms with Crippen molar-refractivity contribution in [2.45, 2.75) is 83.3 Å². The van der Waals surface area contributed by atoms with Crippen molar-refractivity contribution < 1.29 is 58.4 Å². The standard InChI is InChI=1S/C41H45N7O12S2/c1-20(2)33(48-35(55)27(13-14-30(49)50)44-37(57)29(17-32(53)54)47-41(59)60-18-22-7-5-4-6-8-22)38(58)45-28(16-31(51)52)36(56)43-24-10-11-25-23(15-24)9-12-26-34(25)62-40(46-26)39-42-21(3)19-61-39/h4-12,15,20-21,27-29,33H,13-14,16-19H2,1-3H3,(H,43,56)(H,44,57)(H,45,58)(H,47,59)(H,48,55)(H,49,50)(H,51,52)(H,53,54). The van der Waals surface area contributed by atoms with Gasteiger partial charge in [-0.2, -0.15) is 0 Å². The number of alkyl carbamates (subject to hydrolysis) is 1. The molecule has 0 fully saturated rings. The first-order valence-corrected chi connectivity index (χ1v) is 21.2. The molecular weight excluding hydrogens is 847 g/mol. The molecule has 0 saturated heterocycles. The number of carbonyl (C=O) groups excluding carboxylic acids is 5. The lowest BCUT2D eigenvalue weighted by Crippen LogP contribution is -2.59. The molecule has 19 nitrogen and oxygen atoms in total. The number of hydrogen-bond acceptors (Lipinski definition) is 13. The quantitative estimate of drug-likeness (QED) is 0.0631. The summed E-state index contributed by atoms with van der Waals surface area (Å²) in [7, 11) is 0. The molecule has 8 N–H and O–H groups in total. The normalized spacial score (nSPS) is 15.4. The van der Waals surface area contributed by atoms with Crippen LogP contribution in [0.2, 0.25) is 0 Å². The summed E-state index contributed by atoms with van der Waals surface area (Å²) >= 11 is 3.16. The van der Waals surface area contributed by atoms with Gasteiger partial charge in [-0.1, -0.05) is 56.3 Å². The van der Waals surface area contributed by atoms with Crippen LogP contribution in [0.15, 0.2) is 65.7 Å². The number of carbonyl (C=O) groups is 8. The Kier molecular flexibility index (Phi) is 15.9. The molecule has 0 saturated carbocycles. The van der Waals surface area contributed by atoms with Crippen molar-refractivity contribution in [3.8, 4) is 0 Å². The maximum absolute atomic E-state index is 13.7. The molecule has 5 rings (SSSR count). The van der Waals surface area contributed by atoms with Crippen LogP contribution in [0.5, 0.6) is 0 Å². The van der Waals surface area contributed by atoms with Gasteiger partial charge in [-0.3, -0.25) is 38.6 Å². The second kappa shape index (κ2) is 21.3. The molecule has 1 aliphatic heterocycles. The Hall–Kier alpha value is -6.61. The average Bonchev–Trinajstić information content (AvgIpc) is 3.86. The monoisotopic (exact) mass is 891 g/mol. The molecule has 2 heterocycles. The first kappa shape index (κ1) is 46.5. The predicted octanol–water partition coefficient (Wildman–Crippen LogP) is 3.49. The van der Waals surface area contributed by atoms with E-state index >= 15 is 0 Å². The van der Waals surface area contributed by atoms with Gasteiger partial charge in [0.25, 0.3) is 0 Å². The molecule has 3 aromatic carbocycles. The number of rotatable bonds is 20. The largest absolute Gasteiger partial charge is 0.481 e. The zero-order valence-electron chi connectivity index (χ0n) is 33.7. The number of nitrogens with one attached hydrogen (secondary N) is 5.